The van der Waals surface area contributed by atoms with E-state index in [0.29, 0.717) is 5.92 Å². The lowest BCUT2D eigenvalue weighted by Gasteiger charge is -2.33. The van der Waals surface area contributed by atoms with Gasteiger partial charge < -0.3 is 5.73 Å². The maximum absolute atomic E-state index is 11.9. The highest BCUT2D eigenvalue weighted by Crippen LogP contribution is 2.40. The van der Waals surface area contributed by atoms with Crippen LogP contribution in [0.15, 0.2) is 0 Å². The number of hydrogen-bond donors (Lipinski definition) is 1. The maximum Gasteiger partial charge on any atom is 0.390 e. The molecule has 2 saturated heterocycles. The molecule has 0 aromatic carbocycles. The highest BCUT2D eigenvalue weighted by Gasteiger charge is 2.50. The van der Waals surface area contributed by atoms with Crippen LogP contribution in [0.1, 0.15) is 12.8 Å². The van der Waals surface area contributed by atoms with Crippen molar-refractivity contribution in [2.45, 2.75) is 31.1 Å². The van der Waals surface area contributed by atoms with Gasteiger partial charge in [-0.15, -0.1) is 0 Å². The Hall–Kier alpha value is -0.290. The number of nitrogens with two attached hydrogens (primary N) is 1. The molecule has 2 N–H and O–H groups in total. The van der Waals surface area contributed by atoms with Crippen LogP contribution in [0.2, 0.25) is 0 Å². The maximum atomic E-state index is 11.9. The molecule has 2 bridgehead atoms. The largest absolute Gasteiger partial charge is 0.390 e. The third-order valence-electron chi connectivity index (χ3n) is 3.15. The summed E-state index contributed by atoms with van der Waals surface area (Å²) in [5, 5.41) is 0. The van der Waals surface area contributed by atoms with E-state index in [9.17, 15) is 13.2 Å². The molecule has 3 fully saturated rings. The number of alkyl halides is 3. The Morgan fingerprint density at radius 1 is 1.38 bits per heavy atom. The first-order valence-corrected chi connectivity index (χ1v) is 4.54. The zero-order valence-electron chi connectivity index (χ0n) is 7.22. The molecule has 3 atom stereocenters. The van der Waals surface area contributed by atoms with Gasteiger partial charge in [-0.1, -0.05) is 0 Å². The van der Waals surface area contributed by atoms with Gasteiger partial charge in [-0.2, -0.15) is 13.2 Å². The minimum Gasteiger partial charge on any atom is -0.326 e. The van der Waals surface area contributed by atoms with E-state index in [1.807, 2.05) is 4.90 Å². The van der Waals surface area contributed by atoms with Crippen LogP contribution in [0.3, 0.4) is 0 Å². The second kappa shape index (κ2) is 2.85. The molecule has 0 radical (unpaired) electrons. The van der Waals surface area contributed by atoms with Crippen LogP contribution < -0.4 is 5.73 Å². The smallest absolute Gasteiger partial charge is 0.326 e. The lowest BCUT2D eigenvalue weighted by molar-refractivity contribution is -0.138. The molecule has 0 spiro atoms. The van der Waals surface area contributed by atoms with Crippen molar-refractivity contribution in [3.05, 3.63) is 0 Å². The van der Waals surface area contributed by atoms with Crippen LogP contribution in [-0.2, 0) is 0 Å². The van der Waals surface area contributed by atoms with Crippen molar-refractivity contribution < 1.29 is 13.2 Å². The molecule has 3 unspecified atom stereocenters. The average molecular weight is 194 g/mol. The van der Waals surface area contributed by atoms with Gasteiger partial charge in [0.25, 0.3) is 0 Å². The number of halogens is 3. The van der Waals surface area contributed by atoms with E-state index < -0.39 is 12.6 Å². The Balaban J connectivity index is 1.79. The van der Waals surface area contributed by atoms with Crippen LogP contribution in [0, 0.1) is 5.92 Å². The van der Waals surface area contributed by atoms with Crippen molar-refractivity contribution in [3.8, 4) is 0 Å². The summed E-state index contributed by atoms with van der Waals surface area (Å²) in [5.74, 6) is 0.457. The average Bonchev–Trinajstić information content (AvgIpc) is 2.54. The summed E-state index contributed by atoms with van der Waals surface area (Å²) < 4.78 is 35.7. The molecular formula is C8H13F3N2. The highest BCUT2D eigenvalue weighted by molar-refractivity contribution is 5.07. The SMILES string of the molecule is NC1C2CC1N(CCC(F)(F)F)C2. The van der Waals surface area contributed by atoms with Gasteiger partial charge in [0.2, 0.25) is 0 Å². The van der Waals surface area contributed by atoms with E-state index in [2.05, 4.69) is 0 Å². The quantitative estimate of drug-likeness (QED) is 0.709. The molecular weight excluding hydrogens is 181 g/mol. The standard InChI is InChI=1S/C8H13F3N2/c9-8(10,11)1-2-13-4-5-3-6(13)7(5)12/h5-7H,1-4,12H2. The summed E-state index contributed by atoms with van der Waals surface area (Å²) in [7, 11) is 0. The Morgan fingerprint density at radius 3 is 2.46 bits per heavy atom. The van der Waals surface area contributed by atoms with Crippen LogP contribution in [0.5, 0.6) is 0 Å². The van der Waals surface area contributed by atoms with Crippen molar-refractivity contribution in [1.29, 1.82) is 0 Å². The lowest BCUT2D eigenvalue weighted by atomic mass is 9.81. The first kappa shape index (κ1) is 9.27. The predicted molar refractivity (Wildman–Crippen MR) is 42.1 cm³/mol. The Morgan fingerprint density at radius 2 is 2.08 bits per heavy atom. The fourth-order valence-corrected chi connectivity index (χ4v) is 2.30. The van der Waals surface area contributed by atoms with E-state index >= 15 is 0 Å². The number of hydrogen-bond acceptors (Lipinski definition) is 2. The molecule has 2 aliphatic heterocycles. The highest BCUT2D eigenvalue weighted by atomic mass is 19.4. The predicted octanol–water partition coefficient (Wildman–Crippen LogP) is 0.970. The Bertz CT molecular complexity index is 204. The van der Waals surface area contributed by atoms with Crippen molar-refractivity contribution in [2.24, 2.45) is 11.7 Å². The summed E-state index contributed by atoms with van der Waals surface area (Å²) in [6.07, 6.45) is -3.74. The van der Waals surface area contributed by atoms with Crippen molar-refractivity contribution in [2.75, 3.05) is 13.1 Å². The molecule has 13 heavy (non-hydrogen) atoms. The summed E-state index contributed by atoms with van der Waals surface area (Å²) >= 11 is 0. The fraction of sp³-hybridized carbons (Fsp3) is 1.00. The molecule has 2 nitrogen and oxygen atoms in total. The third kappa shape index (κ3) is 1.67. The number of nitrogens with zero attached hydrogens (tertiary/aromatic N) is 1. The van der Waals surface area contributed by atoms with Gasteiger partial charge in [0.1, 0.15) is 0 Å². The van der Waals surface area contributed by atoms with E-state index in [0.717, 1.165) is 13.0 Å². The Kier molecular flexibility index (Phi) is 2.03. The van der Waals surface area contributed by atoms with Crippen molar-refractivity contribution in [3.63, 3.8) is 0 Å². The molecule has 5 heteroatoms. The minimum absolute atomic E-state index is 0.123. The van der Waals surface area contributed by atoms with Crippen LogP contribution >= 0.6 is 0 Å². The van der Waals surface area contributed by atoms with Gasteiger partial charge in [0, 0.05) is 25.2 Å². The molecule has 1 saturated carbocycles. The molecule has 1 aliphatic carbocycles. The summed E-state index contributed by atoms with van der Waals surface area (Å²) in [6, 6.07) is 0.362. The van der Waals surface area contributed by atoms with Crippen molar-refractivity contribution >= 4 is 0 Å². The van der Waals surface area contributed by atoms with Gasteiger partial charge in [0.15, 0.2) is 0 Å². The minimum atomic E-state index is -4.03. The summed E-state index contributed by atoms with van der Waals surface area (Å²) in [4.78, 5) is 1.88. The number of rotatable bonds is 2. The second-order valence-corrected chi connectivity index (χ2v) is 4.00. The van der Waals surface area contributed by atoms with E-state index in [4.69, 9.17) is 5.73 Å². The Labute approximate surface area is 74.9 Å². The molecule has 0 aromatic rings. The van der Waals surface area contributed by atoms with Gasteiger partial charge in [0.05, 0.1) is 6.42 Å². The monoisotopic (exact) mass is 194 g/mol. The zero-order chi connectivity index (χ0) is 9.64. The van der Waals surface area contributed by atoms with Crippen LogP contribution in [0.4, 0.5) is 13.2 Å². The van der Waals surface area contributed by atoms with E-state index in [-0.39, 0.29) is 18.6 Å². The van der Waals surface area contributed by atoms with Gasteiger partial charge in [-0.05, 0) is 12.3 Å². The molecule has 76 valence electrons. The molecule has 0 aromatic heterocycles. The van der Waals surface area contributed by atoms with Gasteiger partial charge in [-0.25, -0.2) is 0 Å². The molecule has 2 heterocycles. The number of fused-ring (bicyclic) bond motifs is 1. The van der Waals surface area contributed by atoms with Gasteiger partial charge in [-0.3, -0.25) is 4.90 Å². The first-order chi connectivity index (χ1) is 5.97. The summed E-state index contributed by atoms with van der Waals surface area (Å²) in [6.45, 7) is 0.889. The van der Waals surface area contributed by atoms with E-state index in [1.165, 1.54) is 0 Å². The fourth-order valence-electron chi connectivity index (χ4n) is 2.30. The van der Waals surface area contributed by atoms with Crippen LogP contribution in [0.25, 0.3) is 0 Å². The molecule has 0 amide bonds. The third-order valence-corrected chi connectivity index (χ3v) is 3.15. The van der Waals surface area contributed by atoms with Gasteiger partial charge >= 0.3 is 6.18 Å². The normalized spacial score (nSPS) is 39.2. The van der Waals surface area contributed by atoms with Crippen molar-refractivity contribution in [1.82, 2.24) is 4.90 Å². The second-order valence-electron chi connectivity index (χ2n) is 4.00. The van der Waals surface area contributed by atoms with Crippen LogP contribution in [-0.4, -0.2) is 36.2 Å². The topological polar surface area (TPSA) is 29.3 Å². The summed E-state index contributed by atoms with van der Waals surface area (Å²) in [5.41, 5.74) is 5.73. The molecule has 3 rings (SSSR count). The first-order valence-electron chi connectivity index (χ1n) is 4.54. The zero-order valence-corrected chi connectivity index (χ0v) is 7.22. The molecule has 3 aliphatic rings. The van der Waals surface area contributed by atoms with E-state index in [1.54, 1.807) is 0 Å². The lowest BCUT2D eigenvalue weighted by Crippen LogP contribution is -2.49.